The first-order chi connectivity index (χ1) is 9.02. The first-order valence-electron chi connectivity index (χ1n) is 6.26. The van der Waals surface area contributed by atoms with Gasteiger partial charge in [0.25, 0.3) is 0 Å². The maximum Gasteiger partial charge on any atom is 0.317 e. The molecule has 0 aliphatic carbocycles. The molecular formula is C13H20N2O4. The summed E-state index contributed by atoms with van der Waals surface area (Å²) in [6.45, 7) is 2.66. The lowest BCUT2D eigenvalue weighted by atomic mass is 10.0. The summed E-state index contributed by atoms with van der Waals surface area (Å²) in [5.41, 5.74) is 0. The summed E-state index contributed by atoms with van der Waals surface area (Å²) in [6, 6.07) is 3.32. The normalized spacial score (nSPS) is 11.9. The number of aliphatic carboxylic acids is 1. The Morgan fingerprint density at radius 2 is 2.26 bits per heavy atom. The lowest BCUT2D eigenvalue weighted by Crippen LogP contribution is -2.39. The Kier molecular flexibility index (Phi) is 5.92. The average molecular weight is 268 g/mol. The molecule has 1 unspecified atom stereocenters. The van der Waals surface area contributed by atoms with Gasteiger partial charge in [0.05, 0.1) is 12.8 Å². The second-order valence-corrected chi connectivity index (χ2v) is 4.49. The number of furan rings is 1. The van der Waals surface area contributed by atoms with E-state index in [1.807, 2.05) is 6.92 Å². The van der Waals surface area contributed by atoms with Gasteiger partial charge in [-0.25, -0.2) is 4.79 Å². The maximum atomic E-state index is 11.8. The fraction of sp³-hybridized carbons (Fsp3) is 0.538. The van der Waals surface area contributed by atoms with E-state index in [2.05, 4.69) is 5.32 Å². The zero-order chi connectivity index (χ0) is 14.3. The molecule has 6 nitrogen and oxygen atoms in total. The Labute approximate surface area is 112 Å². The molecule has 0 aromatic carbocycles. The first-order valence-corrected chi connectivity index (χ1v) is 6.26. The molecule has 0 radical (unpaired) electrons. The lowest BCUT2D eigenvalue weighted by Gasteiger charge is -2.19. The van der Waals surface area contributed by atoms with Crippen LogP contribution in [0.2, 0.25) is 0 Å². The number of carboxylic acid groups (broad SMARTS) is 1. The molecule has 1 heterocycles. The Bertz CT molecular complexity index is 403. The van der Waals surface area contributed by atoms with Gasteiger partial charge in [0.2, 0.25) is 0 Å². The van der Waals surface area contributed by atoms with E-state index in [-0.39, 0.29) is 18.4 Å². The number of hydrogen-bond donors (Lipinski definition) is 2. The van der Waals surface area contributed by atoms with Gasteiger partial charge in [-0.3, -0.25) is 4.79 Å². The number of nitrogens with zero attached hydrogens (tertiary/aromatic N) is 1. The summed E-state index contributed by atoms with van der Waals surface area (Å²) >= 11 is 0. The van der Waals surface area contributed by atoms with Crippen LogP contribution in [0.4, 0.5) is 4.79 Å². The summed E-state index contributed by atoms with van der Waals surface area (Å²) < 4.78 is 5.15. The molecule has 0 aliphatic rings. The van der Waals surface area contributed by atoms with Crippen LogP contribution in [0.15, 0.2) is 22.8 Å². The quantitative estimate of drug-likeness (QED) is 0.791. The van der Waals surface area contributed by atoms with Gasteiger partial charge in [-0.15, -0.1) is 0 Å². The van der Waals surface area contributed by atoms with Crippen LogP contribution < -0.4 is 5.32 Å². The van der Waals surface area contributed by atoms with Crippen LogP contribution in [0.5, 0.6) is 0 Å². The van der Waals surface area contributed by atoms with Gasteiger partial charge in [0, 0.05) is 20.0 Å². The monoisotopic (exact) mass is 268 g/mol. The van der Waals surface area contributed by atoms with Gasteiger partial charge in [-0.1, -0.05) is 13.3 Å². The highest BCUT2D eigenvalue weighted by molar-refractivity contribution is 5.74. The molecule has 106 valence electrons. The molecular weight excluding hydrogens is 248 g/mol. The average Bonchev–Trinajstić information content (AvgIpc) is 2.86. The van der Waals surface area contributed by atoms with Crippen LogP contribution in [-0.2, 0) is 11.3 Å². The third-order valence-corrected chi connectivity index (χ3v) is 2.90. The standard InChI is InChI=1S/C13H20N2O4/c1-3-10(7-12(16)17)8-14-13(18)15(2)9-11-5-4-6-19-11/h4-6,10H,3,7-9H2,1-2H3,(H,14,18)(H,16,17). The number of carbonyl (C=O) groups is 2. The molecule has 6 heteroatoms. The molecule has 2 amide bonds. The zero-order valence-electron chi connectivity index (χ0n) is 11.3. The number of hydrogen-bond acceptors (Lipinski definition) is 3. The molecule has 0 saturated carbocycles. The van der Waals surface area contributed by atoms with Gasteiger partial charge in [-0.05, 0) is 18.1 Å². The zero-order valence-corrected chi connectivity index (χ0v) is 11.3. The molecule has 0 bridgehead atoms. The molecule has 0 aliphatic heterocycles. The van der Waals surface area contributed by atoms with E-state index in [0.717, 1.165) is 0 Å². The minimum absolute atomic E-state index is 0.0431. The number of nitrogens with one attached hydrogen (secondary N) is 1. The lowest BCUT2D eigenvalue weighted by molar-refractivity contribution is -0.138. The Hall–Kier alpha value is -1.98. The minimum Gasteiger partial charge on any atom is -0.481 e. The van der Waals surface area contributed by atoms with Crippen molar-refractivity contribution in [2.24, 2.45) is 5.92 Å². The number of amides is 2. The third-order valence-electron chi connectivity index (χ3n) is 2.90. The van der Waals surface area contributed by atoms with Crippen LogP contribution in [-0.4, -0.2) is 35.6 Å². The summed E-state index contributed by atoms with van der Waals surface area (Å²) in [6.07, 6.45) is 2.34. The SMILES string of the molecule is CCC(CNC(=O)N(C)Cc1ccco1)CC(=O)O. The molecule has 1 rings (SSSR count). The number of rotatable bonds is 7. The predicted molar refractivity (Wildman–Crippen MR) is 69.6 cm³/mol. The van der Waals surface area contributed by atoms with Crippen molar-refractivity contribution in [3.05, 3.63) is 24.2 Å². The van der Waals surface area contributed by atoms with Crippen LogP contribution >= 0.6 is 0 Å². The van der Waals surface area contributed by atoms with E-state index in [4.69, 9.17) is 9.52 Å². The van der Waals surface area contributed by atoms with Gasteiger partial charge in [0.1, 0.15) is 5.76 Å². The van der Waals surface area contributed by atoms with Crippen molar-refractivity contribution >= 4 is 12.0 Å². The maximum absolute atomic E-state index is 11.8. The Balaban J connectivity index is 2.35. The van der Waals surface area contributed by atoms with Crippen LogP contribution in [0.25, 0.3) is 0 Å². The molecule has 1 atom stereocenters. The van der Waals surface area contributed by atoms with Crippen LogP contribution in [0.3, 0.4) is 0 Å². The highest BCUT2D eigenvalue weighted by Gasteiger charge is 2.15. The molecule has 2 N–H and O–H groups in total. The van der Waals surface area contributed by atoms with E-state index in [0.29, 0.717) is 25.3 Å². The summed E-state index contributed by atoms with van der Waals surface area (Å²) in [5, 5.41) is 11.5. The van der Waals surface area contributed by atoms with E-state index in [1.54, 1.807) is 25.4 Å². The van der Waals surface area contributed by atoms with Gasteiger partial charge in [-0.2, -0.15) is 0 Å². The first kappa shape index (κ1) is 15.1. The largest absolute Gasteiger partial charge is 0.481 e. The number of carbonyl (C=O) groups excluding carboxylic acids is 1. The summed E-state index contributed by atoms with van der Waals surface area (Å²) in [4.78, 5) is 23.9. The highest BCUT2D eigenvalue weighted by Crippen LogP contribution is 2.07. The molecule has 1 aromatic heterocycles. The number of urea groups is 1. The fourth-order valence-electron chi connectivity index (χ4n) is 1.68. The predicted octanol–water partition coefficient (Wildman–Crippen LogP) is 1.92. The van der Waals surface area contributed by atoms with Crippen molar-refractivity contribution in [2.75, 3.05) is 13.6 Å². The minimum atomic E-state index is -0.843. The van der Waals surface area contributed by atoms with E-state index < -0.39 is 5.97 Å². The molecule has 19 heavy (non-hydrogen) atoms. The fourth-order valence-corrected chi connectivity index (χ4v) is 1.68. The van der Waals surface area contributed by atoms with Crippen LogP contribution in [0.1, 0.15) is 25.5 Å². The smallest absolute Gasteiger partial charge is 0.317 e. The van der Waals surface area contributed by atoms with Crippen molar-refractivity contribution < 1.29 is 19.1 Å². The van der Waals surface area contributed by atoms with E-state index in [9.17, 15) is 9.59 Å². The Morgan fingerprint density at radius 3 is 2.79 bits per heavy atom. The van der Waals surface area contributed by atoms with Crippen molar-refractivity contribution in [1.29, 1.82) is 0 Å². The molecule has 0 saturated heterocycles. The number of carboxylic acids is 1. The topological polar surface area (TPSA) is 82.8 Å². The van der Waals surface area contributed by atoms with Crippen molar-refractivity contribution in [2.45, 2.75) is 26.3 Å². The summed E-state index contributed by atoms with van der Waals surface area (Å²) in [7, 11) is 1.66. The van der Waals surface area contributed by atoms with E-state index >= 15 is 0 Å². The van der Waals surface area contributed by atoms with Crippen LogP contribution in [0, 0.1) is 5.92 Å². The highest BCUT2D eigenvalue weighted by atomic mass is 16.4. The molecule has 0 spiro atoms. The summed E-state index contributed by atoms with van der Waals surface area (Å²) in [5.74, 6) is -0.182. The van der Waals surface area contributed by atoms with Gasteiger partial charge < -0.3 is 19.7 Å². The van der Waals surface area contributed by atoms with Gasteiger partial charge >= 0.3 is 12.0 Å². The molecule has 1 aromatic rings. The van der Waals surface area contributed by atoms with E-state index in [1.165, 1.54) is 4.90 Å². The van der Waals surface area contributed by atoms with Crippen molar-refractivity contribution in [3.8, 4) is 0 Å². The third kappa shape index (κ3) is 5.46. The second-order valence-electron chi connectivity index (χ2n) is 4.49. The second kappa shape index (κ2) is 7.45. The Morgan fingerprint density at radius 1 is 1.53 bits per heavy atom. The molecule has 0 fully saturated rings. The van der Waals surface area contributed by atoms with Crippen molar-refractivity contribution in [1.82, 2.24) is 10.2 Å². The van der Waals surface area contributed by atoms with Gasteiger partial charge in [0.15, 0.2) is 0 Å². The van der Waals surface area contributed by atoms with Crippen molar-refractivity contribution in [3.63, 3.8) is 0 Å².